The number of fused-ring (bicyclic) bond motifs is 2. The van der Waals surface area contributed by atoms with Crippen LogP contribution in [0.3, 0.4) is 0 Å². The van der Waals surface area contributed by atoms with Gasteiger partial charge in [-0.15, -0.1) is 5.10 Å². The van der Waals surface area contributed by atoms with Crippen molar-refractivity contribution < 1.29 is 39.6 Å². The molecule has 46 heavy (non-hydrogen) atoms. The van der Waals surface area contributed by atoms with E-state index in [4.69, 9.17) is 0 Å². The molecule has 1 fully saturated rings. The predicted molar refractivity (Wildman–Crippen MR) is 150 cm³/mol. The summed E-state index contributed by atoms with van der Waals surface area (Å²) in [5.74, 6) is -1.29. The summed E-state index contributed by atoms with van der Waals surface area (Å²) < 4.78 is 113. The van der Waals surface area contributed by atoms with E-state index in [2.05, 4.69) is 20.2 Å². The van der Waals surface area contributed by atoms with Gasteiger partial charge in [-0.25, -0.2) is 31.3 Å². The third-order valence-corrected chi connectivity index (χ3v) is 10.0. The number of aryl methyl sites for hydroxylation is 1. The zero-order chi connectivity index (χ0) is 33.0. The summed E-state index contributed by atoms with van der Waals surface area (Å²) in [5, 5.41) is 7.47. The van der Waals surface area contributed by atoms with Crippen LogP contribution >= 0.6 is 0 Å². The predicted octanol–water partition coefficient (Wildman–Crippen LogP) is 4.87. The minimum absolute atomic E-state index is 0.00961. The number of rotatable bonds is 8. The molecule has 0 radical (unpaired) electrons. The van der Waals surface area contributed by atoms with Crippen LogP contribution in [-0.4, -0.2) is 67.0 Å². The van der Waals surface area contributed by atoms with E-state index in [0.29, 0.717) is 32.9 Å². The highest BCUT2D eigenvalue weighted by Gasteiger charge is 2.52. The summed E-state index contributed by atoms with van der Waals surface area (Å²) in [5.41, 5.74) is -1.29. The Kier molecular flexibility index (Phi) is 7.87. The average molecular weight is 666 g/mol. The van der Waals surface area contributed by atoms with Gasteiger partial charge in [0.2, 0.25) is 0 Å². The van der Waals surface area contributed by atoms with Gasteiger partial charge in [-0.05, 0) is 73.7 Å². The quantitative estimate of drug-likeness (QED) is 0.195. The molecule has 3 aromatic heterocycles. The molecule has 1 saturated carbocycles. The summed E-state index contributed by atoms with van der Waals surface area (Å²) >= 11 is 0. The van der Waals surface area contributed by atoms with Crippen LogP contribution in [0.4, 0.5) is 26.3 Å². The first-order valence-corrected chi connectivity index (χ1v) is 15.4. The minimum Gasteiger partial charge on any atom is -0.291 e. The second kappa shape index (κ2) is 11.5. The lowest BCUT2D eigenvalue weighted by molar-refractivity contribution is -0.137. The van der Waals surface area contributed by atoms with E-state index < -0.39 is 68.6 Å². The van der Waals surface area contributed by atoms with Crippen molar-refractivity contribution in [1.82, 2.24) is 33.8 Å². The molecule has 10 nitrogen and oxygen atoms in total. The number of sulfonamides is 1. The van der Waals surface area contributed by atoms with Gasteiger partial charge in [0, 0.05) is 19.3 Å². The van der Waals surface area contributed by atoms with E-state index in [1.165, 1.54) is 42.2 Å². The molecule has 3 heterocycles. The van der Waals surface area contributed by atoms with Gasteiger partial charge >= 0.3 is 6.18 Å². The van der Waals surface area contributed by atoms with Crippen molar-refractivity contribution >= 4 is 21.9 Å². The Morgan fingerprint density at radius 1 is 1.15 bits per heavy atom. The third-order valence-electron chi connectivity index (χ3n) is 8.30. The number of hydrogen-bond acceptors (Lipinski definition) is 7. The molecule has 2 aliphatic carbocycles. The van der Waals surface area contributed by atoms with Crippen molar-refractivity contribution in [3.63, 3.8) is 0 Å². The van der Waals surface area contributed by atoms with Crippen molar-refractivity contribution in [2.45, 2.75) is 49.5 Å². The van der Waals surface area contributed by atoms with Crippen LogP contribution in [0.1, 0.15) is 46.6 Å². The van der Waals surface area contributed by atoms with Gasteiger partial charge in [0.05, 0.1) is 35.1 Å². The Balaban J connectivity index is 1.47. The second-order valence-electron chi connectivity index (χ2n) is 11.2. The lowest BCUT2D eigenvalue weighted by atomic mass is 9.60. The lowest BCUT2D eigenvalue weighted by Crippen LogP contribution is -2.52. The summed E-state index contributed by atoms with van der Waals surface area (Å²) in [6, 6.07) is 5.65. The molecule has 0 N–H and O–H groups in total. The van der Waals surface area contributed by atoms with Crippen molar-refractivity contribution in [3.05, 3.63) is 89.0 Å². The highest BCUT2D eigenvalue weighted by Crippen LogP contribution is 2.51. The molecule has 6 rings (SSSR count). The van der Waals surface area contributed by atoms with Gasteiger partial charge in [0.15, 0.2) is 5.78 Å². The molecule has 1 aromatic carbocycles. The fourth-order valence-corrected chi connectivity index (χ4v) is 7.72. The Morgan fingerprint density at radius 3 is 2.54 bits per heavy atom. The molecular weight excluding hydrogens is 640 g/mol. The lowest BCUT2D eigenvalue weighted by Gasteiger charge is -2.46. The number of aromatic nitrogens is 6. The van der Waals surface area contributed by atoms with Gasteiger partial charge in [0.1, 0.15) is 17.8 Å². The number of hydrogen-bond donors (Lipinski definition) is 0. The Bertz CT molecular complexity index is 1940. The van der Waals surface area contributed by atoms with Crippen LogP contribution in [0, 0.1) is 11.2 Å². The van der Waals surface area contributed by atoms with E-state index in [1.54, 1.807) is 6.08 Å². The molecule has 2 aliphatic rings. The van der Waals surface area contributed by atoms with Crippen molar-refractivity contribution in [1.29, 1.82) is 0 Å². The molecule has 2 atom stereocenters. The summed E-state index contributed by atoms with van der Waals surface area (Å²) in [7, 11) is -3.28. The molecule has 0 spiro atoms. The van der Waals surface area contributed by atoms with E-state index in [0.717, 1.165) is 23.3 Å². The zero-order valence-corrected chi connectivity index (χ0v) is 24.8. The molecule has 0 saturated heterocycles. The number of Topliss-reactive ketones (excluding diaryl/α,β-unsaturated/α-hetero) is 1. The van der Waals surface area contributed by atoms with Crippen molar-refractivity contribution in [2.75, 3.05) is 6.54 Å². The topological polar surface area (TPSA) is 116 Å². The number of ketones is 1. The second-order valence-corrected chi connectivity index (χ2v) is 13.0. The largest absolute Gasteiger partial charge is 0.416 e. The maximum absolute atomic E-state index is 14.4. The summed E-state index contributed by atoms with van der Waals surface area (Å²) in [6.07, 6.45) is -3.24. The smallest absolute Gasteiger partial charge is 0.291 e. The molecule has 0 amide bonds. The number of allylic oxidation sites excluding steroid dienone is 1. The third kappa shape index (κ3) is 5.61. The molecule has 0 aliphatic heterocycles. The van der Waals surface area contributed by atoms with Gasteiger partial charge in [-0.3, -0.25) is 14.5 Å². The van der Waals surface area contributed by atoms with Gasteiger partial charge in [-0.2, -0.15) is 22.6 Å². The van der Waals surface area contributed by atoms with Crippen molar-refractivity contribution in [3.8, 4) is 5.69 Å². The number of benzene rings is 1. The number of alkyl halides is 5. The van der Waals surface area contributed by atoms with E-state index in [-0.39, 0.29) is 25.7 Å². The number of nitrogens with zero attached hydrogens (tertiary/aromatic N) is 7. The Labute approximate surface area is 258 Å². The first kappa shape index (κ1) is 31.6. The van der Waals surface area contributed by atoms with Gasteiger partial charge in [0.25, 0.3) is 21.6 Å². The molecule has 242 valence electrons. The molecular formula is C29H25F6N7O3S. The maximum atomic E-state index is 14.4. The molecule has 0 unspecified atom stereocenters. The first-order chi connectivity index (χ1) is 21.7. The number of pyridine rings is 1. The minimum atomic E-state index is -4.78. The van der Waals surface area contributed by atoms with Crippen LogP contribution in [0.5, 0.6) is 0 Å². The van der Waals surface area contributed by atoms with E-state index in [1.807, 2.05) is 0 Å². The molecule has 0 bridgehead atoms. The van der Waals surface area contributed by atoms with E-state index >= 15 is 0 Å². The van der Waals surface area contributed by atoms with Crippen LogP contribution in [-0.2, 0) is 29.7 Å². The highest BCUT2D eigenvalue weighted by molar-refractivity contribution is 7.89. The molecule has 4 aromatic rings. The number of carbonyl (C=O) groups excluding carboxylic acids is 1. The number of halogens is 6. The van der Waals surface area contributed by atoms with E-state index in [9.17, 15) is 39.6 Å². The Hall–Kier alpha value is -4.38. The summed E-state index contributed by atoms with van der Waals surface area (Å²) in [4.78, 5) is 22.1. The number of carbonyl (C=O) groups is 1. The van der Waals surface area contributed by atoms with Crippen molar-refractivity contribution in [2.24, 2.45) is 12.5 Å². The normalized spacial score (nSPS) is 20.0. The fourth-order valence-electron chi connectivity index (χ4n) is 6.22. The maximum Gasteiger partial charge on any atom is 0.416 e. The Morgan fingerprint density at radius 2 is 1.89 bits per heavy atom. The highest BCUT2D eigenvalue weighted by atomic mass is 32.2. The first-order valence-electron chi connectivity index (χ1n) is 14.0. The van der Waals surface area contributed by atoms with Crippen LogP contribution in [0.2, 0.25) is 0 Å². The van der Waals surface area contributed by atoms with Gasteiger partial charge < -0.3 is 0 Å². The fraction of sp³-hybridized carbons (Fsp3) is 0.345. The van der Waals surface area contributed by atoms with Crippen LogP contribution in [0.15, 0.2) is 65.8 Å². The standard InChI is InChI=1S/C29H25F6N7O3S/c1-40-16-37-27(39-40)46(44,45)41(15-25(31)32)22-5-2-18-11-24-17(14-38-42(24)21-6-3-20(30)4-7-21)12-28(18,13-22)26(43)23-10-19(8-9-36-23)29(33,34)35/h3-4,6-11,14,16,22,25H,2,5,12-13,15H2,1H3/t22-,28-/m0/s1. The van der Waals surface area contributed by atoms with Gasteiger partial charge in [-0.1, -0.05) is 5.57 Å². The molecule has 17 heteroatoms. The average Bonchev–Trinajstić information content (AvgIpc) is 3.64. The van der Waals surface area contributed by atoms with Crippen LogP contribution in [0.25, 0.3) is 11.8 Å². The van der Waals surface area contributed by atoms with Crippen LogP contribution < -0.4 is 0 Å². The summed E-state index contributed by atoms with van der Waals surface area (Å²) in [6.45, 7) is -1.22. The monoisotopic (exact) mass is 665 g/mol. The SMILES string of the molecule is Cn1cnc(S(=O)(=O)N(CC(F)F)[C@H]2CCC3=Cc4c(cnn4-c4ccc(F)cc4)C[C@]3(C(=O)c3cc(C(F)(F)F)ccn3)C2)n1. The zero-order valence-electron chi connectivity index (χ0n) is 24.0.